The van der Waals surface area contributed by atoms with Crippen molar-refractivity contribution in [2.24, 2.45) is 0 Å². The van der Waals surface area contributed by atoms with Gasteiger partial charge in [0.15, 0.2) is 0 Å². The lowest BCUT2D eigenvalue weighted by Gasteiger charge is -2.26. The predicted octanol–water partition coefficient (Wildman–Crippen LogP) is 2.74. The van der Waals surface area contributed by atoms with Gasteiger partial charge in [-0.1, -0.05) is 36.4 Å². The number of carbonyl (C=O) groups excluding carboxylic acids is 2. The van der Waals surface area contributed by atoms with E-state index in [-0.39, 0.29) is 19.2 Å². The molecule has 3 rings (SSSR count). The molecule has 2 N–H and O–H groups in total. The number of rotatable bonds is 5. The van der Waals surface area contributed by atoms with Crippen molar-refractivity contribution in [3.8, 4) is 5.75 Å². The van der Waals surface area contributed by atoms with Crippen molar-refractivity contribution in [1.29, 1.82) is 0 Å². The summed E-state index contributed by atoms with van der Waals surface area (Å²) >= 11 is 0. The number of nitrogens with one attached hydrogen (secondary N) is 2. The molecule has 0 bridgehead atoms. The average molecular weight is 340 g/mol. The maximum Gasteiger partial charge on any atom is 0.338 e. The first kappa shape index (κ1) is 16.8. The first-order valence-corrected chi connectivity index (χ1v) is 8.18. The lowest BCUT2D eigenvalue weighted by atomic mass is 10.0. The van der Waals surface area contributed by atoms with Gasteiger partial charge in [-0.3, -0.25) is 0 Å². The van der Waals surface area contributed by atoms with Crippen LogP contribution < -0.4 is 15.4 Å². The number of hydrogen-bond donors (Lipinski definition) is 2. The van der Waals surface area contributed by atoms with E-state index in [0.717, 1.165) is 10.8 Å². The summed E-state index contributed by atoms with van der Waals surface area (Å²) in [5.41, 5.74) is 0.796. The van der Waals surface area contributed by atoms with Crippen molar-refractivity contribution >= 4 is 22.8 Å². The van der Waals surface area contributed by atoms with E-state index in [9.17, 15) is 9.59 Å². The van der Waals surface area contributed by atoms with Gasteiger partial charge < -0.3 is 20.1 Å². The second-order valence-corrected chi connectivity index (χ2v) is 5.70. The SMILES string of the molecule is CCOC(=O)C1=C(COc2cccc3ccccc23)NC(=O)N[C@@H]1C. The third-order valence-electron chi connectivity index (χ3n) is 3.99. The molecule has 0 fully saturated rings. The summed E-state index contributed by atoms with van der Waals surface area (Å²) in [6, 6.07) is 12.8. The van der Waals surface area contributed by atoms with Crippen LogP contribution in [0.25, 0.3) is 10.8 Å². The largest absolute Gasteiger partial charge is 0.487 e. The van der Waals surface area contributed by atoms with Gasteiger partial charge in [-0.05, 0) is 25.3 Å². The fourth-order valence-corrected chi connectivity index (χ4v) is 2.86. The minimum Gasteiger partial charge on any atom is -0.487 e. The minimum atomic E-state index is -0.459. The Morgan fingerprint density at radius 1 is 1.16 bits per heavy atom. The van der Waals surface area contributed by atoms with Gasteiger partial charge in [-0.25, -0.2) is 9.59 Å². The quantitative estimate of drug-likeness (QED) is 0.821. The van der Waals surface area contributed by atoms with Crippen LogP contribution in [0.2, 0.25) is 0 Å². The molecule has 130 valence electrons. The van der Waals surface area contributed by atoms with Crippen LogP contribution in [0.3, 0.4) is 0 Å². The maximum absolute atomic E-state index is 12.2. The number of hydrogen-bond acceptors (Lipinski definition) is 4. The molecule has 1 aliphatic rings. The number of esters is 1. The standard InChI is InChI=1S/C19H20N2O4/c1-3-24-18(22)17-12(2)20-19(23)21-15(17)11-25-16-10-6-8-13-7-4-5-9-14(13)16/h4-10,12H,3,11H2,1-2H3,(H2,20,21,23)/t12-/m1/s1. The molecular formula is C19H20N2O4. The number of benzene rings is 2. The lowest BCUT2D eigenvalue weighted by Crippen LogP contribution is -2.50. The summed E-state index contributed by atoms with van der Waals surface area (Å²) in [6.07, 6.45) is 0. The van der Waals surface area contributed by atoms with Crippen LogP contribution in [0.5, 0.6) is 5.75 Å². The highest BCUT2D eigenvalue weighted by molar-refractivity contribution is 5.94. The summed E-state index contributed by atoms with van der Waals surface area (Å²) in [4.78, 5) is 24.0. The van der Waals surface area contributed by atoms with E-state index in [1.165, 1.54) is 0 Å². The van der Waals surface area contributed by atoms with Gasteiger partial charge in [0, 0.05) is 5.39 Å². The normalized spacial score (nSPS) is 17.0. The highest BCUT2D eigenvalue weighted by atomic mass is 16.5. The van der Waals surface area contributed by atoms with Gasteiger partial charge in [-0.2, -0.15) is 0 Å². The van der Waals surface area contributed by atoms with Crippen LogP contribution in [0.4, 0.5) is 4.79 Å². The number of fused-ring (bicyclic) bond motifs is 1. The molecule has 1 aliphatic heterocycles. The summed E-state index contributed by atoms with van der Waals surface area (Å²) in [6.45, 7) is 3.81. The van der Waals surface area contributed by atoms with Crippen LogP contribution in [0, 0.1) is 0 Å². The summed E-state index contributed by atoms with van der Waals surface area (Å²) in [5, 5.41) is 7.35. The Labute approximate surface area is 145 Å². The minimum absolute atomic E-state index is 0.0694. The monoisotopic (exact) mass is 340 g/mol. The third-order valence-corrected chi connectivity index (χ3v) is 3.99. The van der Waals surface area contributed by atoms with Crippen molar-refractivity contribution in [1.82, 2.24) is 10.6 Å². The molecule has 0 spiro atoms. The van der Waals surface area contributed by atoms with E-state index in [0.29, 0.717) is 17.0 Å². The second-order valence-electron chi connectivity index (χ2n) is 5.70. The first-order chi connectivity index (χ1) is 12.1. The molecule has 0 saturated heterocycles. The van der Waals surface area contributed by atoms with E-state index in [2.05, 4.69) is 10.6 Å². The smallest absolute Gasteiger partial charge is 0.338 e. The Kier molecular flexibility index (Phi) is 4.88. The van der Waals surface area contributed by atoms with E-state index in [4.69, 9.17) is 9.47 Å². The van der Waals surface area contributed by atoms with E-state index >= 15 is 0 Å². The first-order valence-electron chi connectivity index (χ1n) is 8.18. The molecule has 0 saturated carbocycles. The van der Waals surface area contributed by atoms with Gasteiger partial charge in [-0.15, -0.1) is 0 Å². The molecule has 1 atom stereocenters. The molecular weight excluding hydrogens is 320 g/mol. The van der Waals surface area contributed by atoms with Crippen LogP contribution in [-0.2, 0) is 9.53 Å². The molecule has 0 radical (unpaired) electrons. The van der Waals surface area contributed by atoms with Crippen molar-refractivity contribution in [2.75, 3.05) is 13.2 Å². The number of carbonyl (C=O) groups is 2. The lowest BCUT2D eigenvalue weighted by molar-refractivity contribution is -0.139. The average Bonchev–Trinajstić information content (AvgIpc) is 2.59. The summed E-state index contributed by atoms with van der Waals surface area (Å²) in [5.74, 6) is 0.230. The van der Waals surface area contributed by atoms with Crippen LogP contribution in [0.15, 0.2) is 53.7 Å². The highest BCUT2D eigenvalue weighted by Crippen LogP contribution is 2.26. The zero-order chi connectivity index (χ0) is 17.8. The predicted molar refractivity (Wildman–Crippen MR) is 94.2 cm³/mol. The Morgan fingerprint density at radius 3 is 2.72 bits per heavy atom. The molecule has 0 aromatic heterocycles. The fraction of sp³-hybridized carbons (Fsp3) is 0.263. The maximum atomic E-state index is 12.2. The van der Waals surface area contributed by atoms with Gasteiger partial charge in [0.1, 0.15) is 12.4 Å². The van der Waals surface area contributed by atoms with Crippen molar-refractivity contribution in [3.05, 3.63) is 53.7 Å². The van der Waals surface area contributed by atoms with E-state index in [1.807, 2.05) is 42.5 Å². The molecule has 2 aromatic carbocycles. The Bertz CT molecular complexity index is 839. The van der Waals surface area contributed by atoms with E-state index in [1.54, 1.807) is 13.8 Å². The van der Waals surface area contributed by atoms with Gasteiger partial charge >= 0.3 is 12.0 Å². The van der Waals surface area contributed by atoms with Gasteiger partial charge in [0.05, 0.1) is 23.9 Å². The summed E-state index contributed by atoms with van der Waals surface area (Å²) < 4.78 is 11.0. The molecule has 6 heteroatoms. The van der Waals surface area contributed by atoms with Crippen LogP contribution >= 0.6 is 0 Å². The topological polar surface area (TPSA) is 76.7 Å². The molecule has 0 unspecified atom stereocenters. The summed E-state index contributed by atoms with van der Waals surface area (Å²) in [7, 11) is 0. The van der Waals surface area contributed by atoms with Crippen LogP contribution in [0.1, 0.15) is 13.8 Å². The molecule has 2 aromatic rings. The molecule has 6 nitrogen and oxygen atoms in total. The second kappa shape index (κ2) is 7.25. The number of ether oxygens (including phenoxy) is 2. The molecule has 25 heavy (non-hydrogen) atoms. The zero-order valence-corrected chi connectivity index (χ0v) is 14.2. The van der Waals surface area contributed by atoms with Crippen molar-refractivity contribution < 1.29 is 19.1 Å². The van der Waals surface area contributed by atoms with Crippen LogP contribution in [-0.4, -0.2) is 31.3 Å². The van der Waals surface area contributed by atoms with Crippen molar-refractivity contribution in [3.63, 3.8) is 0 Å². The number of urea groups is 1. The zero-order valence-electron chi connectivity index (χ0n) is 14.2. The van der Waals surface area contributed by atoms with Gasteiger partial charge in [0.2, 0.25) is 0 Å². The molecule has 0 aliphatic carbocycles. The number of amides is 2. The Balaban J connectivity index is 1.89. The van der Waals surface area contributed by atoms with E-state index < -0.39 is 12.0 Å². The fourth-order valence-electron chi connectivity index (χ4n) is 2.86. The molecule has 1 heterocycles. The highest BCUT2D eigenvalue weighted by Gasteiger charge is 2.30. The van der Waals surface area contributed by atoms with Gasteiger partial charge in [0.25, 0.3) is 0 Å². The van der Waals surface area contributed by atoms with Crippen molar-refractivity contribution in [2.45, 2.75) is 19.9 Å². The molecule has 2 amide bonds. The Hall–Kier alpha value is -3.02. The third kappa shape index (κ3) is 3.57. The Morgan fingerprint density at radius 2 is 1.92 bits per heavy atom.